The monoisotopic (exact) mass is 399 g/mol. The second kappa shape index (κ2) is 9.11. The third-order valence-corrected chi connectivity index (χ3v) is 5.29. The minimum absolute atomic E-state index is 0.0404. The third-order valence-electron chi connectivity index (χ3n) is 5.06. The lowest BCUT2D eigenvalue weighted by Gasteiger charge is -2.30. The first-order valence-electron chi connectivity index (χ1n) is 9.57. The molecule has 2 aromatic carbocycles. The predicted octanol–water partition coefficient (Wildman–Crippen LogP) is 3.88. The van der Waals surface area contributed by atoms with Crippen molar-refractivity contribution in [3.8, 4) is 0 Å². The van der Waals surface area contributed by atoms with Crippen molar-refractivity contribution in [2.45, 2.75) is 37.8 Å². The van der Waals surface area contributed by atoms with Crippen molar-refractivity contribution in [3.63, 3.8) is 0 Å². The Morgan fingerprint density at radius 3 is 2.07 bits per heavy atom. The van der Waals surface area contributed by atoms with E-state index in [0.717, 1.165) is 31.4 Å². The zero-order valence-electron chi connectivity index (χ0n) is 16.2. The number of hydrogen-bond acceptors (Lipinski definition) is 3. The molecule has 0 bridgehead atoms. The second-order valence-electron chi connectivity index (χ2n) is 7.46. The molecule has 0 unspecified atom stereocenters. The minimum atomic E-state index is -0.127. The quantitative estimate of drug-likeness (QED) is 0.802. The normalized spacial score (nSPS) is 19.0. The third kappa shape index (κ3) is 5.26. The van der Waals surface area contributed by atoms with Crippen molar-refractivity contribution >= 4 is 29.1 Å². The summed E-state index contributed by atoms with van der Waals surface area (Å²) in [5, 5.41) is 6.74. The van der Waals surface area contributed by atoms with Crippen LogP contribution in [0.15, 0.2) is 48.5 Å². The molecule has 1 aliphatic rings. The molecular weight excluding hydrogens is 374 g/mol. The molecule has 2 N–H and O–H groups in total. The van der Waals surface area contributed by atoms with Gasteiger partial charge < -0.3 is 15.5 Å². The van der Waals surface area contributed by atoms with Crippen molar-refractivity contribution in [1.29, 1.82) is 0 Å². The molecule has 2 amide bonds. The van der Waals surface area contributed by atoms with Crippen LogP contribution in [0.1, 0.15) is 46.4 Å². The largest absolute Gasteiger partial charge is 0.378 e. The van der Waals surface area contributed by atoms with Crippen LogP contribution in [0.5, 0.6) is 0 Å². The molecule has 0 aromatic heterocycles. The van der Waals surface area contributed by atoms with Crippen LogP contribution in [0.2, 0.25) is 5.02 Å². The molecule has 5 nitrogen and oxygen atoms in total. The van der Waals surface area contributed by atoms with Crippen molar-refractivity contribution in [2.24, 2.45) is 0 Å². The highest BCUT2D eigenvalue weighted by atomic mass is 35.5. The summed E-state index contributed by atoms with van der Waals surface area (Å²) in [6.45, 7) is 0. The lowest BCUT2D eigenvalue weighted by molar-refractivity contribution is 0.0903. The molecule has 0 heterocycles. The Morgan fingerprint density at radius 1 is 0.929 bits per heavy atom. The summed E-state index contributed by atoms with van der Waals surface area (Å²) in [6.07, 6.45) is 3.52. The number of carbonyl (C=O) groups excluding carboxylic acids is 2. The number of rotatable bonds is 5. The average molecular weight is 400 g/mol. The van der Waals surface area contributed by atoms with Gasteiger partial charge in [0.1, 0.15) is 0 Å². The summed E-state index contributed by atoms with van der Waals surface area (Å²) < 4.78 is 0. The van der Waals surface area contributed by atoms with E-state index in [0.29, 0.717) is 16.1 Å². The predicted molar refractivity (Wildman–Crippen MR) is 113 cm³/mol. The summed E-state index contributed by atoms with van der Waals surface area (Å²) in [5.74, 6) is -0.200. The molecule has 1 aliphatic carbocycles. The maximum absolute atomic E-state index is 12.6. The van der Waals surface area contributed by atoms with Gasteiger partial charge in [-0.2, -0.15) is 0 Å². The summed E-state index contributed by atoms with van der Waals surface area (Å²) in [6, 6.07) is 14.6. The van der Waals surface area contributed by atoms with Crippen LogP contribution in [0.4, 0.5) is 5.69 Å². The molecule has 0 aliphatic heterocycles. The standard InChI is InChI=1S/C22H26ClN3O2/c1-26(2)20-11-4-7-16(13-20)22(28)25-19-10-5-9-18(14-19)24-21(27)15-6-3-8-17(23)12-15/h3-4,6-8,11-13,18-19H,5,9-10,14H2,1-2H3,(H,24,27)(H,25,28)/t18-,19-/m0/s1. The first-order chi connectivity index (χ1) is 13.4. The molecule has 6 heteroatoms. The van der Waals surface area contributed by atoms with Crippen LogP contribution in [-0.4, -0.2) is 38.0 Å². The van der Waals surface area contributed by atoms with E-state index >= 15 is 0 Å². The van der Waals surface area contributed by atoms with Gasteiger partial charge in [0, 0.05) is 48.0 Å². The number of benzene rings is 2. The molecule has 1 saturated carbocycles. The average Bonchev–Trinajstić information content (AvgIpc) is 2.68. The molecule has 2 aromatic rings. The van der Waals surface area contributed by atoms with Gasteiger partial charge in [-0.3, -0.25) is 9.59 Å². The van der Waals surface area contributed by atoms with E-state index in [1.807, 2.05) is 43.3 Å². The van der Waals surface area contributed by atoms with E-state index in [9.17, 15) is 9.59 Å². The topological polar surface area (TPSA) is 61.4 Å². The molecule has 148 valence electrons. The Hall–Kier alpha value is -2.53. The van der Waals surface area contributed by atoms with E-state index < -0.39 is 0 Å². The van der Waals surface area contributed by atoms with E-state index in [2.05, 4.69) is 10.6 Å². The Kier molecular flexibility index (Phi) is 6.57. The SMILES string of the molecule is CN(C)c1cccc(C(=O)N[C@H]2CCC[C@H](NC(=O)c3cccc(Cl)c3)C2)c1. The van der Waals surface area contributed by atoms with Crippen LogP contribution in [0.25, 0.3) is 0 Å². The number of nitrogens with one attached hydrogen (secondary N) is 2. The Labute approximate surface area is 171 Å². The highest BCUT2D eigenvalue weighted by molar-refractivity contribution is 6.30. The molecular formula is C22H26ClN3O2. The molecule has 1 fully saturated rings. The zero-order valence-corrected chi connectivity index (χ0v) is 17.0. The van der Waals surface area contributed by atoms with Gasteiger partial charge in [0.2, 0.25) is 0 Å². The summed E-state index contributed by atoms with van der Waals surface area (Å²) in [7, 11) is 3.90. The van der Waals surface area contributed by atoms with Crippen LogP contribution in [0.3, 0.4) is 0 Å². The van der Waals surface area contributed by atoms with Crippen molar-refractivity contribution < 1.29 is 9.59 Å². The summed E-state index contributed by atoms with van der Waals surface area (Å²) in [5.41, 5.74) is 2.19. The van der Waals surface area contributed by atoms with Gasteiger partial charge in [0.05, 0.1) is 0 Å². The number of hydrogen-bond donors (Lipinski definition) is 2. The highest BCUT2D eigenvalue weighted by Crippen LogP contribution is 2.21. The van der Waals surface area contributed by atoms with Crippen LogP contribution >= 0.6 is 11.6 Å². The Morgan fingerprint density at radius 2 is 1.50 bits per heavy atom. The van der Waals surface area contributed by atoms with Crippen LogP contribution < -0.4 is 15.5 Å². The summed E-state index contributed by atoms with van der Waals surface area (Å²) in [4.78, 5) is 27.1. The van der Waals surface area contributed by atoms with E-state index in [-0.39, 0.29) is 23.9 Å². The van der Waals surface area contributed by atoms with Gasteiger partial charge in [0.25, 0.3) is 11.8 Å². The van der Waals surface area contributed by atoms with Gasteiger partial charge in [0.15, 0.2) is 0 Å². The number of anilines is 1. The minimum Gasteiger partial charge on any atom is -0.378 e. The van der Waals surface area contributed by atoms with Crippen molar-refractivity contribution in [2.75, 3.05) is 19.0 Å². The molecule has 28 heavy (non-hydrogen) atoms. The molecule has 0 saturated heterocycles. The fourth-order valence-corrected chi connectivity index (χ4v) is 3.73. The highest BCUT2D eigenvalue weighted by Gasteiger charge is 2.25. The lowest BCUT2D eigenvalue weighted by atomic mass is 9.90. The Balaban J connectivity index is 1.58. The number of halogens is 1. The van der Waals surface area contributed by atoms with E-state index in [1.54, 1.807) is 24.3 Å². The number of carbonyl (C=O) groups is 2. The fourth-order valence-electron chi connectivity index (χ4n) is 3.54. The zero-order chi connectivity index (χ0) is 20.1. The maximum atomic E-state index is 12.6. The van der Waals surface area contributed by atoms with Crippen molar-refractivity contribution in [3.05, 3.63) is 64.7 Å². The first kappa shape index (κ1) is 20.2. The Bertz CT molecular complexity index is 853. The van der Waals surface area contributed by atoms with Gasteiger partial charge in [-0.1, -0.05) is 23.7 Å². The van der Waals surface area contributed by atoms with E-state index in [1.165, 1.54) is 0 Å². The maximum Gasteiger partial charge on any atom is 0.251 e. The smallest absolute Gasteiger partial charge is 0.251 e. The van der Waals surface area contributed by atoms with Gasteiger partial charge in [-0.15, -0.1) is 0 Å². The van der Waals surface area contributed by atoms with Gasteiger partial charge in [-0.25, -0.2) is 0 Å². The molecule has 3 rings (SSSR count). The van der Waals surface area contributed by atoms with Crippen LogP contribution in [0, 0.1) is 0 Å². The van der Waals surface area contributed by atoms with Crippen LogP contribution in [-0.2, 0) is 0 Å². The van der Waals surface area contributed by atoms with Gasteiger partial charge >= 0.3 is 0 Å². The molecule has 0 spiro atoms. The fraction of sp³-hybridized carbons (Fsp3) is 0.364. The second-order valence-corrected chi connectivity index (χ2v) is 7.90. The van der Waals surface area contributed by atoms with E-state index in [4.69, 9.17) is 11.6 Å². The van der Waals surface area contributed by atoms with Crippen molar-refractivity contribution in [1.82, 2.24) is 10.6 Å². The lowest BCUT2D eigenvalue weighted by Crippen LogP contribution is -2.45. The van der Waals surface area contributed by atoms with Gasteiger partial charge in [-0.05, 0) is 62.1 Å². The number of nitrogens with zero attached hydrogens (tertiary/aromatic N) is 1. The molecule has 0 radical (unpaired) electrons. The first-order valence-corrected chi connectivity index (χ1v) is 9.95. The number of amides is 2. The molecule has 2 atom stereocenters. The summed E-state index contributed by atoms with van der Waals surface area (Å²) >= 11 is 5.97.